The van der Waals surface area contributed by atoms with Crippen molar-refractivity contribution in [2.45, 2.75) is 31.3 Å². The Labute approximate surface area is 169 Å². The van der Waals surface area contributed by atoms with E-state index in [2.05, 4.69) is 20.9 Å². The Morgan fingerprint density at radius 1 is 1.57 bits per heavy atom. The van der Waals surface area contributed by atoms with Crippen LogP contribution >= 0.6 is 0 Å². The molecule has 13 heteroatoms. The number of hydrogen-bond acceptors (Lipinski definition) is 9. The van der Waals surface area contributed by atoms with Gasteiger partial charge in [-0.05, 0) is 6.92 Å². The number of aliphatic hydroxyl groups excluding tert-OH is 1. The number of carbonyl (C=O) groups excluding carboxylic acids is 1. The molecule has 1 aliphatic heterocycles. The number of imidazole rings is 1. The smallest absolute Gasteiger partial charge is 0.410 e. The van der Waals surface area contributed by atoms with Crippen molar-refractivity contribution in [3.8, 4) is 12.3 Å². The number of ether oxygens (including phenoxy) is 2. The summed E-state index contributed by atoms with van der Waals surface area (Å²) in [6.45, 7) is 0.387. The number of aliphatic hydroxyl groups is 1. The van der Waals surface area contributed by atoms with Gasteiger partial charge in [0.2, 0.25) is 0 Å². The average molecular weight is 422 g/mol. The molecule has 2 aromatic heterocycles. The predicted octanol–water partition coefficient (Wildman–Crippen LogP) is -0.257. The molecule has 0 unspecified atom stereocenters. The maximum absolute atomic E-state index is 13.6. The average Bonchev–Trinajstić information content (AvgIpc) is 3.27. The minimum Gasteiger partial charge on any atom is -0.480 e. The number of carboxylic acids is 1. The SMILES string of the molecule is C#C[C@]1(CO)O[C@@H](n2cnc3c(N)nc(F)nc32)C[C@@H]1OC(=O)N(CC)CC(=O)O. The van der Waals surface area contributed by atoms with Crippen molar-refractivity contribution in [2.75, 3.05) is 25.4 Å². The molecule has 0 aliphatic carbocycles. The number of aliphatic carboxylic acids is 1. The van der Waals surface area contributed by atoms with Gasteiger partial charge in [-0.15, -0.1) is 6.42 Å². The second kappa shape index (κ2) is 8.09. The van der Waals surface area contributed by atoms with Crippen LogP contribution in [0.25, 0.3) is 11.2 Å². The first-order valence-electron chi connectivity index (χ1n) is 8.84. The summed E-state index contributed by atoms with van der Waals surface area (Å²) in [5, 5.41) is 18.8. The maximum atomic E-state index is 13.6. The number of amides is 1. The number of hydrogen-bond donors (Lipinski definition) is 3. The van der Waals surface area contributed by atoms with Gasteiger partial charge in [0.1, 0.15) is 12.8 Å². The summed E-state index contributed by atoms with van der Waals surface area (Å²) in [6, 6.07) is 0. The van der Waals surface area contributed by atoms with Gasteiger partial charge in [-0.3, -0.25) is 14.3 Å². The zero-order valence-electron chi connectivity index (χ0n) is 15.9. The molecule has 0 saturated carbocycles. The highest BCUT2D eigenvalue weighted by atomic mass is 19.1. The molecule has 1 aliphatic rings. The van der Waals surface area contributed by atoms with Gasteiger partial charge in [0, 0.05) is 13.0 Å². The van der Waals surface area contributed by atoms with Crippen LogP contribution in [0, 0.1) is 18.4 Å². The van der Waals surface area contributed by atoms with Gasteiger partial charge in [0.15, 0.2) is 28.7 Å². The van der Waals surface area contributed by atoms with Gasteiger partial charge < -0.3 is 25.4 Å². The summed E-state index contributed by atoms with van der Waals surface area (Å²) in [5.74, 6) is 0.903. The van der Waals surface area contributed by atoms with Crippen LogP contribution in [0.4, 0.5) is 15.0 Å². The molecule has 0 aromatic carbocycles. The summed E-state index contributed by atoms with van der Waals surface area (Å²) < 4.78 is 26.1. The van der Waals surface area contributed by atoms with Crippen molar-refractivity contribution >= 4 is 29.0 Å². The van der Waals surface area contributed by atoms with Crippen LogP contribution in [0.5, 0.6) is 0 Å². The predicted molar refractivity (Wildman–Crippen MR) is 98.2 cm³/mol. The molecule has 12 nitrogen and oxygen atoms in total. The van der Waals surface area contributed by atoms with Gasteiger partial charge in [-0.25, -0.2) is 9.78 Å². The standard InChI is InChI=1S/C17H19FN6O6/c1-3-17(7-25)9(29-16(28)23(4-2)6-11(26)27)5-10(30-17)24-8-20-12-13(19)21-15(18)22-14(12)24/h1,8-10,25H,4-7H2,2H3,(H,26,27)(H2,19,21,22)/t9-,10+,17+/m0/s1. The molecule has 30 heavy (non-hydrogen) atoms. The maximum Gasteiger partial charge on any atom is 0.410 e. The lowest BCUT2D eigenvalue weighted by atomic mass is 9.98. The van der Waals surface area contributed by atoms with Gasteiger partial charge >= 0.3 is 18.1 Å². The molecule has 160 valence electrons. The number of carboxylic acid groups (broad SMARTS) is 1. The molecular formula is C17H19FN6O6. The fourth-order valence-electron chi connectivity index (χ4n) is 3.15. The monoisotopic (exact) mass is 422 g/mol. The summed E-state index contributed by atoms with van der Waals surface area (Å²) in [7, 11) is 0. The Hall–Kier alpha value is -3.50. The third kappa shape index (κ3) is 3.70. The van der Waals surface area contributed by atoms with E-state index in [0.29, 0.717) is 0 Å². The van der Waals surface area contributed by atoms with Crippen molar-refractivity contribution in [1.82, 2.24) is 24.4 Å². The Morgan fingerprint density at radius 3 is 2.90 bits per heavy atom. The molecule has 1 amide bonds. The van der Waals surface area contributed by atoms with Crippen LogP contribution in [0.3, 0.4) is 0 Å². The zero-order valence-corrected chi connectivity index (χ0v) is 15.9. The van der Waals surface area contributed by atoms with Crippen LogP contribution in [-0.4, -0.2) is 78.1 Å². The van der Waals surface area contributed by atoms with E-state index in [9.17, 15) is 19.1 Å². The molecule has 1 saturated heterocycles. The highest BCUT2D eigenvalue weighted by molar-refractivity contribution is 5.81. The number of nitrogens with zero attached hydrogens (tertiary/aromatic N) is 5. The molecule has 3 rings (SSSR count). The van der Waals surface area contributed by atoms with E-state index in [0.717, 1.165) is 4.90 Å². The summed E-state index contributed by atoms with van der Waals surface area (Å²) in [6.07, 6.45) is 2.72. The third-order valence-electron chi connectivity index (χ3n) is 4.70. The largest absolute Gasteiger partial charge is 0.480 e. The van der Waals surface area contributed by atoms with E-state index in [-0.39, 0.29) is 29.9 Å². The number of rotatable bonds is 6. The molecule has 0 bridgehead atoms. The highest BCUT2D eigenvalue weighted by Gasteiger charge is 2.51. The number of likely N-dealkylation sites (N-methyl/N-ethyl adjacent to an activating group) is 1. The van der Waals surface area contributed by atoms with Gasteiger partial charge in [-0.1, -0.05) is 5.92 Å². The molecule has 3 atom stereocenters. The number of halogens is 1. The minimum atomic E-state index is -1.71. The zero-order chi connectivity index (χ0) is 22.1. The van der Waals surface area contributed by atoms with E-state index in [4.69, 9.17) is 26.7 Å². The Balaban J connectivity index is 1.90. The second-order valence-electron chi connectivity index (χ2n) is 6.48. The summed E-state index contributed by atoms with van der Waals surface area (Å²) in [4.78, 5) is 35.4. The lowest BCUT2D eigenvalue weighted by Crippen LogP contribution is -2.47. The topological polar surface area (TPSA) is 166 Å². The van der Waals surface area contributed by atoms with Crippen molar-refractivity contribution in [3.63, 3.8) is 0 Å². The van der Waals surface area contributed by atoms with Gasteiger partial charge in [-0.2, -0.15) is 14.4 Å². The molecule has 2 aromatic rings. The first kappa shape index (κ1) is 21.2. The Bertz CT molecular complexity index is 1020. The van der Waals surface area contributed by atoms with E-state index in [1.54, 1.807) is 6.92 Å². The molecule has 4 N–H and O–H groups in total. The van der Waals surface area contributed by atoms with Crippen LogP contribution in [0.2, 0.25) is 0 Å². The van der Waals surface area contributed by atoms with Crippen LogP contribution in [0.1, 0.15) is 19.6 Å². The lowest BCUT2D eigenvalue weighted by Gasteiger charge is -2.28. The second-order valence-corrected chi connectivity index (χ2v) is 6.48. The fraction of sp³-hybridized carbons (Fsp3) is 0.471. The number of fused-ring (bicyclic) bond motifs is 1. The molecule has 1 fully saturated rings. The lowest BCUT2D eigenvalue weighted by molar-refractivity contribution is -0.138. The first-order valence-corrected chi connectivity index (χ1v) is 8.84. The summed E-state index contributed by atoms with van der Waals surface area (Å²) >= 11 is 0. The van der Waals surface area contributed by atoms with E-state index < -0.39 is 49.2 Å². The van der Waals surface area contributed by atoms with E-state index in [1.165, 1.54) is 10.9 Å². The van der Waals surface area contributed by atoms with Crippen molar-refractivity contribution in [1.29, 1.82) is 0 Å². The van der Waals surface area contributed by atoms with Crippen molar-refractivity contribution < 1.29 is 33.7 Å². The van der Waals surface area contributed by atoms with Crippen molar-refractivity contribution in [2.24, 2.45) is 0 Å². The van der Waals surface area contributed by atoms with Gasteiger partial charge in [0.05, 0.1) is 12.9 Å². The molecule has 0 spiro atoms. The highest BCUT2D eigenvalue weighted by Crippen LogP contribution is 2.39. The first-order chi connectivity index (χ1) is 14.2. The fourth-order valence-corrected chi connectivity index (χ4v) is 3.15. The van der Waals surface area contributed by atoms with Gasteiger partial charge in [0.25, 0.3) is 0 Å². The Morgan fingerprint density at radius 2 is 2.30 bits per heavy atom. The van der Waals surface area contributed by atoms with Crippen LogP contribution in [0.15, 0.2) is 6.33 Å². The number of nitrogens with two attached hydrogens (primary N) is 1. The normalized spacial score (nSPS) is 23.3. The summed E-state index contributed by atoms with van der Waals surface area (Å²) in [5.41, 5.74) is 4.10. The number of carbonyl (C=O) groups is 2. The van der Waals surface area contributed by atoms with E-state index in [1.807, 2.05) is 0 Å². The number of anilines is 1. The molecular weight excluding hydrogens is 403 g/mol. The number of terminal acetylenes is 1. The number of aromatic nitrogens is 4. The third-order valence-corrected chi connectivity index (χ3v) is 4.70. The number of nitrogen functional groups attached to an aromatic ring is 1. The minimum absolute atomic E-state index is 0.0295. The Kier molecular flexibility index (Phi) is 5.72. The van der Waals surface area contributed by atoms with Crippen molar-refractivity contribution in [3.05, 3.63) is 12.4 Å². The van der Waals surface area contributed by atoms with Crippen LogP contribution in [-0.2, 0) is 14.3 Å². The quantitative estimate of drug-likeness (QED) is 0.417. The van der Waals surface area contributed by atoms with E-state index >= 15 is 0 Å². The molecule has 3 heterocycles. The van der Waals surface area contributed by atoms with Crippen LogP contribution < -0.4 is 5.73 Å². The molecule has 0 radical (unpaired) electrons.